The molecule has 4 N–H and O–H groups in total. The van der Waals surface area contributed by atoms with Crippen LogP contribution in [0.25, 0.3) is 0 Å². The molecule has 3 atom stereocenters. The van der Waals surface area contributed by atoms with Crippen LogP contribution in [0.2, 0.25) is 5.02 Å². The van der Waals surface area contributed by atoms with Crippen molar-refractivity contribution in [3.05, 3.63) is 75.2 Å². The molecular formula is C35H49ClN6O6S2. The van der Waals surface area contributed by atoms with E-state index in [1.54, 1.807) is 16.9 Å². The molecule has 3 amide bonds. The van der Waals surface area contributed by atoms with Gasteiger partial charge >= 0.3 is 6.03 Å². The molecule has 1 saturated heterocycles. The highest BCUT2D eigenvalue weighted by molar-refractivity contribution is 7.89. The zero-order chi connectivity index (χ0) is 36.8. The fraction of sp³-hybridized carbons (Fsp3) is 0.514. The minimum Gasteiger partial charge on any atom is -0.397 e. The number of ether oxygens (including phenoxy) is 1. The number of aliphatic hydroxyl groups excluding tert-OH is 1. The zero-order valence-corrected chi connectivity index (χ0v) is 31.9. The average molecular weight is 749 g/mol. The second-order valence-corrected chi connectivity index (χ2v) is 17.4. The normalized spacial score (nSPS) is 15.9. The molecule has 3 aromatic rings. The van der Waals surface area contributed by atoms with E-state index >= 15 is 0 Å². The van der Waals surface area contributed by atoms with Gasteiger partial charge in [-0.25, -0.2) is 18.2 Å². The van der Waals surface area contributed by atoms with Crippen LogP contribution in [0.3, 0.4) is 0 Å². The highest BCUT2D eigenvalue weighted by atomic mass is 35.5. The molecular weight excluding hydrogens is 700 g/mol. The molecule has 15 heteroatoms. The van der Waals surface area contributed by atoms with E-state index in [-0.39, 0.29) is 47.1 Å². The van der Waals surface area contributed by atoms with E-state index in [2.05, 4.69) is 10.3 Å². The molecule has 1 aliphatic heterocycles. The van der Waals surface area contributed by atoms with Crippen LogP contribution in [0.1, 0.15) is 50.9 Å². The summed E-state index contributed by atoms with van der Waals surface area (Å²) in [7, 11) is -2.50. The number of methoxy groups -OCH3 is 1. The van der Waals surface area contributed by atoms with E-state index in [9.17, 15) is 23.1 Å². The maximum absolute atomic E-state index is 14.3. The lowest BCUT2D eigenvalue weighted by Gasteiger charge is -2.38. The monoisotopic (exact) mass is 748 g/mol. The van der Waals surface area contributed by atoms with E-state index in [4.69, 9.17) is 22.1 Å². The number of thiazole rings is 1. The van der Waals surface area contributed by atoms with Crippen LogP contribution in [0.4, 0.5) is 10.5 Å². The summed E-state index contributed by atoms with van der Waals surface area (Å²) in [5.41, 5.74) is 6.98. The van der Waals surface area contributed by atoms with Gasteiger partial charge in [0.05, 0.1) is 46.6 Å². The topological polar surface area (TPSA) is 158 Å². The SMILES string of the molecule is COCc1nc(CN2CCN([C@H](C(=O)N[C@@H](Cc3ccccc3)[C@@H](O)CN(CC(C)C)S(=O)(=O)c3ccc(Cl)c(N)c3)C(C)(C)C)C2=O)cs1. The average Bonchev–Trinajstić information content (AvgIpc) is 3.63. The first-order valence-corrected chi connectivity index (χ1v) is 19.3. The highest BCUT2D eigenvalue weighted by Gasteiger charge is 2.44. The summed E-state index contributed by atoms with van der Waals surface area (Å²) in [5, 5.41) is 17.8. The quantitative estimate of drug-likeness (QED) is 0.179. The number of urea groups is 1. The number of halogens is 1. The van der Waals surface area contributed by atoms with Crippen LogP contribution in [0.5, 0.6) is 0 Å². The minimum atomic E-state index is -4.11. The number of nitrogen functional groups attached to an aromatic ring is 1. The van der Waals surface area contributed by atoms with Gasteiger partial charge in [-0.05, 0) is 41.5 Å². The molecule has 2 aromatic carbocycles. The molecule has 0 bridgehead atoms. The Morgan fingerprint density at radius 3 is 2.48 bits per heavy atom. The highest BCUT2D eigenvalue weighted by Crippen LogP contribution is 2.30. The van der Waals surface area contributed by atoms with Gasteiger partial charge < -0.3 is 30.7 Å². The molecule has 0 spiro atoms. The standard InChI is InChI=1S/C35H49ClN6O6S2/c1-23(2)18-41(50(46,47)26-12-13-27(36)28(37)17-26)20-30(43)29(16-24-10-8-7-9-11-24)39-33(44)32(35(3,4)5)42-15-14-40(34(42)45)19-25-22-49-31(38-25)21-48-6/h7-13,17,22-23,29-30,32,43H,14-16,18-21,37H2,1-6H3,(H,39,44)/t29-,30-,32+/m0/s1. The molecule has 2 heterocycles. The maximum atomic E-state index is 14.3. The molecule has 274 valence electrons. The number of hydrogen-bond acceptors (Lipinski definition) is 9. The largest absolute Gasteiger partial charge is 0.397 e. The maximum Gasteiger partial charge on any atom is 0.321 e. The number of carbonyl (C=O) groups is 2. The van der Waals surface area contributed by atoms with Gasteiger partial charge in [-0.1, -0.05) is 76.6 Å². The third-order valence-electron chi connectivity index (χ3n) is 8.38. The first kappa shape index (κ1) is 39.5. The Morgan fingerprint density at radius 1 is 1.16 bits per heavy atom. The van der Waals surface area contributed by atoms with E-state index in [1.165, 1.54) is 33.8 Å². The number of nitrogens with two attached hydrogens (primary N) is 1. The van der Waals surface area contributed by atoms with Gasteiger partial charge in [-0.15, -0.1) is 11.3 Å². The van der Waals surface area contributed by atoms with Crippen molar-refractivity contribution in [3.8, 4) is 0 Å². The van der Waals surface area contributed by atoms with Crippen molar-refractivity contribution in [1.29, 1.82) is 0 Å². The summed E-state index contributed by atoms with van der Waals surface area (Å²) in [6.45, 7) is 10.7. The van der Waals surface area contributed by atoms with E-state index in [1.807, 2.05) is 70.3 Å². The Balaban J connectivity index is 1.59. The van der Waals surface area contributed by atoms with Crippen molar-refractivity contribution in [2.45, 2.75) is 77.3 Å². The summed E-state index contributed by atoms with van der Waals surface area (Å²) in [6.07, 6.45) is -1.09. The molecule has 4 rings (SSSR count). The number of aliphatic hydroxyl groups is 1. The van der Waals surface area contributed by atoms with Crippen LogP contribution in [-0.4, -0.2) is 96.0 Å². The first-order chi connectivity index (χ1) is 23.5. The molecule has 12 nitrogen and oxygen atoms in total. The van der Waals surface area contributed by atoms with E-state index in [0.29, 0.717) is 26.2 Å². The number of amides is 3. The Hall–Kier alpha value is -3.27. The number of aromatic nitrogens is 1. The minimum absolute atomic E-state index is 0.0478. The number of sulfonamides is 1. The Bertz CT molecular complexity index is 1720. The first-order valence-electron chi connectivity index (χ1n) is 16.6. The molecule has 1 aliphatic rings. The van der Waals surface area contributed by atoms with Gasteiger partial charge in [0.2, 0.25) is 15.9 Å². The molecule has 1 fully saturated rings. The van der Waals surface area contributed by atoms with Crippen LogP contribution in [0, 0.1) is 11.3 Å². The van der Waals surface area contributed by atoms with Crippen LogP contribution in [-0.2, 0) is 39.1 Å². The fourth-order valence-corrected chi connectivity index (χ4v) is 8.59. The second-order valence-electron chi connectivity index (χ2n) is 14.1. The number of benzene rings is 2. The van der Waals surface area contributed by atoms with Gasteiger partial charge in [0.25, 0.3) is 0 Å². The summed E-state index contributed by atoms with van der Waals surface area (Å²) >= 11 is 7.53. The second kappa shape index (κ2) is 16.8. The van der Waals surface area contributed by atoms with Crippen molar-refractivity contribution in [3.63, 3.8) is 0 Å². The van der Waals surface area contributed by atoms with Crippen molar-refractivity contribution in [2.24, 2.45) is 11.3 Å². The Morgan fingerprint density at radius 2 is 1.86 bits per heavy atom. The number of hydrogen-bond donors (Lipinski definition) is 3. The van der Waals surface area contributed by atoms with Crippen LogP contribution in [0.15, 0.2) is 58.8 Å². The number of anilines is 1. The number of nitrogens with zero attached hydrogens (tertiary/aromatic N) is 4. The lowest BCUT2D eigenvalue weighted by molar-refractivity contribution is -0.130. The molecule has 1 aromatic heterocycles. The van der Waals surface area contributed by atoms with Gasteiger partial charge in [-0.2, -0.15) is 4.31 Å². The summed E-state index contributed by atoms with van der Waals surface area (Å²) in [6, 6.07) is 11.4. The lowest BCUT2D eigenvalue weighted by Crippen LogP contribution is -2.59. The van der Waals surface area contributed by atoms with Crippen LogP contribution < -0.4 is 11.1 Å². The van der Waals surface area contributed by atoms with E-state index < -0.39 is 39.5 Å². The number of nitrogens with one attached hydrogen (secondary N) is 1. The molecule has 50 heavy (non-hydrogen) atoms. The smallest absolute Gasteiger partial charge is 0.321 e. The third kappa shape index (κ3) is 9.95. The Kier molecular flexibility index (Phi) is 13.3. The van der Waals surface area contributed by atoms with Crippen molar-refractivity contribution in [1.82, 2.24) is 24.4 Å². The van der Waals surface area contributed by atoms with Gasteiger partial charge in [0.15, 0.2) is 0 Å². The van der Waals surface area contributed by atoms with Gasteiger partial charge in [0, 0.05) is 38.7 Å². The predicted octanol–water partition coefficient (Wildman–Crippen LogP) is 4.61. The van der Waals surface area contributed by atoms with Gasteiger partial charge in [-0.3, -0.25) is 4.79 Å². The van der Waals surface area contributed by atoms with Crippen molar-refractivity contribution in [2.75, 3.05) is 39.0 Å². The third-order valence-corrected chi connectivity index (χ3v) is 11.4. The summed E-state index contributed by atoms with van der Waals surface area (Å²) in [5.74, 6) is -0.513. The molecule has 0 aliphatic carbocycles. The Labute approximate surface area is 304 Å². The van der Waals surface area contributed by atoms with E-state index in [0.717, 1.165) is 16.3 Å². The fourth-order valence-electron chi connectivity index (χ4n) is 6.06. The molecule has 0 saturated carbocycles. The zero-order valence-electron chi connectivity index (χ0n) is 29.5. The van der Waals surface area contributed by atoms with Gasteiger partial charge in [0.1, 0.15) is 11.0 Å². The molecule has 0 radical (unpaired) electrons. The van der Waals surface area contributed by atoms with Crippen molar-refractivity contribution >= 4 is 50.6 Å². The number of rotatable bonds is 16. The van der Waals surface area contributed by atoms with Crippen LogP contribution >= 0.6 is 22.9 Å². The lowest BCUT2D eigenvalue weighted by atomic mass is 9.84. The predicted molar refractivity (Wildman–Crippen MR) is 196 cm³/mol. The summed E-state index contributed by atoms with van der Waals surface area (Å²) < 4.78 is 34.2. The molecule has 0 unspecified atom stereocenters. The number of carbonyl (C=O) groups excluding carboxylic acids is 2. The van der Waals surface area contributed by atoms with Crippen molar-refractivity contribution < 1.29 is 27.9 Å². The summed E-state index contributed by atoms with van der Waals surface area (Å²) in [4.78, 5) is 35.8.